The summed E-state index contributed by atoms with van der Waals surface area (Å²) in [5.74, 6) is 0. The predicted molar refractivity (Wildman–Crippen MR) is 79.2 cm³/mol. The maximum atomic E-state index is 12.1. The summed E-state index contributed by atoms with van der Waals surface area (Å²) in [5.41, 5.74) is 6.46. The van der Waals surface area contributed by atoms with Gasteiger partial charge in [0.2, 0.25) is 10.0 Å². The minimum absolute atomic E-state index is 0.340. The van der Waals surface area contributed by atoms with Gasteiger partial charge in [0.1, 0.15) is 4.21 Å². The Hall–Kier alpha value is -1.22. The van der Waals surface area contributed by atoms with Gasteiger partial charge in [-0.05, 0) is 37.1 Å². The van der Waals surface area contributed by atoms with Crippen LogP contribution in [0.4, 0.5) is 0 Å². The fraction of sp³-hybridized carbons (Fsp3) is 0.417. The maximum absolute atomic E-state index is 12.1. The second kappa shape index (κ2) is 6.49. The van der Waals surface area contributed by atoms with Crippen molar-refractivity contribution in [2.45, 2.75) is 17.1 Å². The lowest BCUT2D eigenvalue weighted by Gasteiger charge is -2.03. The third kappa shape index (κ3) is 3.89. The summed E-state index contributed by atoms with van der Waals surface area (Å²) in [6.45, 7) is 0.882. The van der Waals surface area contributed by atoms with E-state index in [-0.39, 0.29) is 0 Å². The molecule has 2 aromatic rings. The molecule has 6 nitrogen and oxygen atoms in total. The molecule has 0 amide bonds. The Labute approximate surface area is 122 Å². The zero-order valence-corrected chi connectivity index (χ0v) is 12.9. The summed E-state index contributed by atoms with van der Waals surface area (Å²) in [6.07, 6.45) is 4.93. The SMILES string of the molecule is Cn1cc(CCNS(=O)(=O)c2ccc(CCN)s2)cn1. The normalized spacial score (nSPS) is 11.9. The van der Waals surface area contributed by atoms with Crippen LogP contribution < -0.4 is 10.5 Å². The second-order valence-electron chi connectivity index (χ2n) is 4.43. The summed E-state index contributed by atoms with van der Waals surface area (Å²) in [5, 5.41) is 4.04. The number of hydrogen-bond donors (Lipinski definition) is 2. The average molecular weight is 314 g/mol. The van der Waals surface area contributed by atoms with Crippen molar-refractivity contribution in [2.24, 2.45) is 12.8 Å². The van der Waals surface area contributed by atoms with E-state index in [1.807, 2.05) is 19.3 Å². The molecule has 0 bridgehead atoms. The summed E-state index contributed by atoms with van der Waals surface area (Å²) >= 11 is 1.27. The van der Waals surface area contributed by atoms with Crippen LogP contribution in [0.5, 0.6) is 0 Å². The first-order valence-corrected chi connectivity index (χ1v) is 8.57. The molecule has 0 spiro atoms. The van der Waals surface area contributed by atoms with Crippen LogP contribution in [0.25, 0.3) is 0 Å². The Morgan fingerprint density at radius 1 is 1.40 bits per heavy atom. The van der Waals surface area contributed by atoms with Crippen molar-refractivity contribution in [1.29, 1.82) is 0 Å². The molecule has 0 aromatic carbocycles. The van der Waals surface area contributed by atoms with Gasteiger partial charge in [0.25, 0.3) is 0 Å². The third-order valence-electron chi connectivity index (χ3n) is 2.76. The predicted octanol–water partition coefficient (Wildman–Crippen LogP) is 0.504. The molecule has 0 saturated heterocycles. The van der Waals surface area contributed by atoms with Crippen LogP contribution in [0.15, 0.2) is 28.7 Å². The number of nitrogens with one attached hydrogen (secondary N) is 1. The maximum Gasteiger partial charge on any atom is 0.250 e. The summed E-state index contributed by atoms with van der Waals surface area (Å²) in [6, 6.07) is 3.44. The molecule has 0 atom stereocenters. The molecule has 0 saturated carbocycles. The zero-order chi connectivity index (χ0) is 14.6. The van der Waals surface area contributed by atoms with Gasteiger partial charge in [-0.15, -0.1) is 11.3 Å². The summed E-state index contributed by atoms with van der Waals surface area (Å²) in [4.78, 5) is 0.986. The van der Waals surface area contributed by atoms with Crippen LogP contribution >= 0.6 is 11.3 Å². The molecule has 110 valence electrons. The summed E-state index contributed by atoms with van der Waals surface area (Å²) < 4.78 is 28.8. The van der Waals surface area contributed by atoms with E-state index in [2.05, 4.69) is 9.82 Å². The number of rotatable bonds is 7. The third-order valence-corrected chi connectivity index (χ3v) is 5.85. The van der Waals surface area contributed by atoms with Crippen LogP contribution in [0.3, 0.4) is 0 Å². The van der Waals surface area contributed by atoms with E-state index in [0.29, 0.717) is 30.1 Å². The van der Waals surface area contributed by atoms with Gasteiger partial charge in [-0.3, -0.25) is 4.68 Å². The number of sulfonamides is 1. The molecule has 2 heterocycles. The smallest absolute Gasteiger partial charge is 0.250 e. The highest BCUT2D eigenvalue weighted by Crippen LogP contribution is 2.21. The molecule has 2 rings (SSSR count). The number of thiophene rings is 1. The lowest BCUT2D eigenvalue weighted by atomic mass is 10.3. The molecule has 0 fully saturated rings. The van der Waals surface area contributed by atoms with Gasteiger partial charge in [-0.1, -0.05) is 0 Å². The van der Waals surface area contributed by atoms with E-state index >= 15 is 0 Å². The van der Waals surface area contributed by atoms with Gasteiger partial charge >= 0.3 is 0 Å². The molecular formula is C12H18N4O2S2. The van der Waals surface area contributed by atoms with Crippen molar-refractivity contribution in [1.82, 2.24) is 14.5 Å². The molecule has 0 aliphatic carbocycles. The van der Waals surface area contributed by atoms with Gasteiger partial charge in [-0.25, -0.2) is 13.1 Å². The van der Waals surface area contributed by atoms with Gasteiger partial charge in [-0.2, -0.15) is 5.10 Å². The fourth-order valence-corrected chi connectivity index (χ4v) is 4.23. The van der Waals surface area contributed by atoms with E-state index in [9.17, 15) is 8.42 Å². The first-order chi connectivity index (χ1) is 9.51. The Morgan fingerprint density at radius 2 is 2.20 bits per heavy atom. The van der Waals surface area contributed by atoms with Gasteiger partial charge in [0.05, 0.1) is 6.20 Å². The Morgan fingerprint density at radius 3 is 2.85 bits per heavy atom. The highest BCUT2D eigenvalue weighted by atomic mass is 32.2. The quantitative estimate of drug-likeness (QED) is 0.779. The van der Waals surface area contributed by atoms with Crippen molar-refractivity contribution in [3.05, 3.63) is 35.0 Å². The molecule has 2 aromatic heterocycles. The first kappa shape index (κ1) is 15.2. The van der Waals surface area contributed by atoms with Gasteiger partial charge in [0, 0.05) is 24.7 Å². The van der Waals surface area contributed by atoms with E-state index in [1.54, 1.807) is 16.9 Å². The van der Waals surface area contributed by atoms with Crippen LogP contribution in [0, 0.1) is 0 Å². The topological polar surface area (TPSA) is 90.0 Å². The fourth-order valence-electron chi connectivity index (χ4n) is 1.78. The average Bonchev–Trinajstić information content (AvgIpc) is 2.99. The largest absolute Gasteiger partial charge is 0.330 e. The standard InChI is InChI=1S/C12H18N4O2S2/c1-16-9-10(8-14-16)5-7-15-20(17,18)12-3-2-11(19-12)4-6-13/h2-3,8-9,15H,4-7,13H2,1H3. The molecule has 0 aliphatic rings. The summed E-state index contributed by atoms with van der Waals surface area (Å²) in [7, 11) is -1.59. The number of hydrogen-bond acceptors (Lipinski definition) is 5. The highest BCUT2D eigenvalue weighted by molar-refractivity contribution is 7.91. The second-order valence-corrected chi connectivity index (χ2v) is 7.59. The van der Waals surface area contributed by atoms with Gasteiger partial charge in [0.15, 0.2) is 0 Å². The molecule has 0 radical (unpaired) electrons. The lowest BCUT2D eigenvalue weighted by Crippen LogP contribution is -2.25. The van der Waals surface area contributed by atoms with Crippen LogP contribution in [-0.2, 0) is 29.9 Å². The molecule has 8 heteroatoms. The van der Waals surface area contributed by atoms with Crippen molar-refractivity contribution in [3.8, 4) is 0 Å². The highest BCUT2D eigenvalue weighted by Gasteiger charge is 2.16. The van der Waals surface area contributed by atoms with E-state index in [4.69, 9.17) is 5.73 Å². The van der Waals surface area contributed by atoms with Crippen molar-refractivity contribution < 1.29 is 8.42 Å². The van der Waals surface area contributed by atoms with E-state index in [0.717, 1.165) is 10.4 Å². The van der Waals surface area contributed by atoms with Crippen molar-refractivity contribution in [2.75, 3.05) is 13.1 Å². The molecule has 3 N–H and O–H groups in total. The Kier molecular flexibility index (Phi) is 4.92. The van der Waals surface area contributed by atoms with Crippen molar-refractivity contribution >= 4 is 21.4 Å². The number of nitrogens with two attached hydrogens (primary N) is 1. The Balaban J connectivity index is 1.92. The minimum atomic E-state index is -3.42. The van der Waals surface area contributed by atoms with Gasteiger partial charge < -0.3 is 5.73 Å². The van der Waals surface area contributed by atoms with Crippen LogP contribution in [0.1, 0.15) is 10.4 Å². The molecular weight excluding hydrogens is 296 g/mol. The molecule has 20 heavy (non-hydrogen) atoms. The van der Waals surface area contributed by atoms with Crippen molar-refractivity contribution in [3.63, 3.8) is 0 Å². The Bertz CT molecular complexity index is 661. The first-order valence-electron chi connectivity index (χ1n) is 6.27. The van der Waals surface area contributed by atoms with E-state index < -0.39 is 10.0 Å². The number of aromatic nitrogens is 2. The van der Waals surface area contributed by atoms with Crippen LogP contribution in [-0.4, -0.2) is 31.3 Å². The number of nitrogens with zero attached hydrogens (tertiary/aromatic N) is 2. The van der Waals surface area contributed by atoms with Crippen LogP contribution in [0.2, 0.25) is 0 Å². The monoisotopic (exact) mass is 314 g/mol. The minimum Gasteiger partial charge on any atom is -0.330 e. The lowest BCUT2D eigenvalue weighted by molar-refractivity contribution is 0.584. The number of aryl methyl sites for hydroxylation is 1. The molecule has 0 aliphatic heterocycles. The zero-order valence-electron chi connectivity index (χ0n) is 11.2. The molecule has 0 unspecified atom stereocenters. The van der Waals surface area contributed by atoms with E-state index in [1.165, 1.54) is 11.3 Å².